The Labute approximate surface area is 125 Å². The quantitative estimate of drug-likeness (QED) is 0.828. The Kier molecular flexibility index (Phi) is 5.08. The Morgan fingerprint density at radius 1 is 1.19 bits per heavy atom. The fraction of sp³-hybridized carbons (Fsp3) is 0.867. The zero-order chi connectivity index (χ0) is 15.5. The van der Waals surface area contributed by atoms with Crippen molar-refractivity contribution in [2.24, 2.45) is 5.92 Å². The second kappa shape index (κ2) is 6.64. The van der Waals surface area contributed by atoms with Crippen molar-refractivity contribution >= 4 is 12.0 Å². The van der Waals surface area contributed by atoms with Gasteiger partial charge in [-0.3, -0.25) is 4.79 Å². The average molecular weight is 298 g/mol. The third-order valence-corrected chi connectivity index (χ3v) is 4.66. The molecule has 2 amide bonds. The number of urea groups is 1. The minimum absolute atomic E-state index is 0.0468. The summed E-state index contributed by atoms with van der Waals surface area (Å²) in [5.41, 5.74) is -0.663. The van der Waals surface area contributed by atoms with Crippen LogP contribution in [0.3, 0.4) is 0 Å². The molecule has 0 spiro atoms. The summed E-state index contributed by atoms with van der Waals surface area (Å²) in [5, 5.41) is 18.8. The molecule has 6 heteroatoms. The van der Waals surface area contributed by atoms with Crippen LogP contribution in [0.4, 0.5) is 4.79 Å². The van der Waals surface area contributed by atoms with E-state index in [1.165, 1.54) is 0 Å². The highest BCUT2D eigenvalue weighted by atomic mass is 16.4. The molecule has 120 valence electrons. The van der Waals surface area contributed by atoms with Crippen molar-refractivity contribution in [3.8, 4) is 0 Å². The normalized spacial score (nSPS) is 30.3. The third kappa shape index (κ3) is 4.59. The lowest BCUT2D eigenvalue weighted by molar-refractivity contribution is -0.137. The molecule has 2 N–H and O–H groups in total. The van der Waals surface area contributed by atoms with E-state index in [1.807, 2.05) is 16.7 Å². The number of amides is 2. The first-order valence-corrected chi connectivity index (χ1v) is 7.85. The van der Waals surface area contributed by atoms with Gasteiger partial charge in [0.15, 0.2) is 0 Å². The number of carboxylic acids is 1. The van der Waals surface area contributed by atoms with Crippen LogP contribution in [-0.2, 0) is 4.79 Å². The molecule has 2 fully saturated rings. The van der Waals surface area contributed by atoms with Gasteiger partial charge in [0.05, 0.1) is 5.60 Å². The molecule has 0 radical (unpaired) electrons. The number of hydrogen-bond acceptors (Lipinski definition) is 3. The van der Waals surface area contributed by atoms with Gasteiger partial charge in [0.1, 0.15) is 0 Å². The predicted octanol–water partition coefficient (Wildman–Crippen LogP) is 1.53. The molecule has 2 unspecified atom stereocenters. The highest BCUT2D eigenvalue weighted by molar-refractivity contribution is 5.74. The average Bonchev–Trinajstić information content (AvgIpc) is 2.80. The first-order chi connectivity index (χ1) is 9.87. The lowest BCUT2D eigenvalue weighted by Gasteiger charge is -2.27. The van der Waals surface area contributed by atoms with Crippen LogP contribution in [0.1, 0.15) is 45.4 Å². The SMILES string of the molecule is CC1(O)CCCN(C(=O)N2CCC(CCC(=O)O)C2)CC1. The smallest absolute Gasteiger partial charge is 0.320 e. The van der Waals surface area contributed by atoms with Crippen LogP contribution < -0.4 is 0 Å². The number of aliphatic hydroxyl groups is 1. The molecule has 6 nitrogen and oxygen atoms in total. The van der Waals surface area contributed by atoms with Crippen LogP contribution in [-0.4, -0.2) is 63.8 Å². The number of carbonyl (C=O) groups is 2. The lowest BCUT2D eigenvalue weighted by Crippen LogP contribution is -2.43. The Hall–Kier alpha value is -1.30. The van der Waals surface area contributed by atoms with Gasteiger partial charge in [-0.15, -0.1) is 0 Å². The van der Waals surface area contributed by atoms with Gasteiger partial charge in [0, 0.05) is 32.6 Å². The largest absolute Gasteiger partial charge is 0.481 e. The van der Waals surface area contributed by atoms with Crippen molar-refractivity contribution in [1.82, 2.24) is 9.80 Å². The van der Waals surface area contributed by atoms with Gasteiger partial charge in [-0.25, -0.2) is 4.79 Å². The molecule has 2 heterocycles. The summed E-state index contributed by atoms with van der Waals surface area (Å²) in [7, 11) is 0. The van der Waals surface area contributed by atoms with Crippen LogP contribution in [0.2, 0.25) is 0 Å². The van der Waals surface area contributed by atoms with Crippen LogP contribution in [0.15, 0.2) is 0 Å². The van der Waals surface area contributed by atoms with Crippen molar-refractivity contribution in [3.63, 3.8) is 0 Å². The van der Waals surface area contributed by atoms with E-state index in [0.29, 0.717) is 38.4 Å². The summed E-state index contributed by atoms with van der Waals surface area (Å²) in [6, 6.07) is 0.0468. The number of carbonyl (C=O) groups excluding carboxylic acids is 1. The summed E-state index contributed by atoms with van der Waals surface area (Å²) in [5.74, 6) is -0.463. The number of likely N-dealkylation sites (tertiary alicyclic amines) is 2. The van der Waals surface area contributed by atoms with Crippen molar-refractivity contribution in [2.75, 3.05) is 26.2 Å². The number of nitrogens with zero attached hydrogens (tertiary/aromatic N) is 2. The van der Waals surface area contributed by atoms with E-state index in [2.05, 4.69) is 0 Å². The fourth-order valence-corrected chi connectivity index (χ4v) is 3.22. The summed E-state index contributed by atoms with van der Waals surface area (Å²) in [6.45, 7) is 4.52. The van der Waals surface area contributed by atoms with Crippen LogP contribution in [0, 0.1) is 5.92 Å². The first-order valence-electron chi connectivity index (χ1n) is 7.85. The number of rotatable bonds is 3. The number of carboxylic acid groups (broad SMARTS) is 1. The van der Waals surface area contributed by atoms with Gasteiger partial charge >= 0.3 is 12.0 Å². The molecular weight excluding hydrogens is 272 g/mol. The molecule has 0 aliphatic carbocycles. The topological polar surface area (TPSA) is 81.1 Å². The molecule has 0 aromatic heterocycles. The zero-order valence-corrected chi connectivity index (χ0v) is 12.8. The van der Waals surface area contributed by atoms with Crippen molar-refractivity contribution < 1.29 is 19.8 Å². The van der Waals surface area contributed by atoms with Gasteiger partial charge in [-0.2, -0.15) is 0 Å². The molecule has 2 rings (SSSR count). The van der Waals surface area contributed by atoms with Gasteiger partial charge in [-0.1, -0.05) is 0 Å². The summed E-state index contributed by atoms with van der Waals surface area (Å²) in [6.07, 6.45) is 3.90. The molecule has 2 aliphatic heterocycles. The fourth-order valence-electron chi connectivity index (χ4n) is 3.22. The Balaban J connectivity index is 1.82. The van der Waals surface area contributed by atoms with Gasteiger partial charge in [0.25, 0.3) is 0 Å². The summed E-state index contributed by atoms with van der Waals surface area (Å²) < 4.78 is 0. The minimum atomic E-state index is -0.769. The number of aliphatic carboxylic acids is 1. The Morgan fingerprint density at radius 2 is 1.95 bits per heavy atom. The molecule has 0 saturated carbocycles. The maximum absolute atomic E-state index is 12.5. The molecule has 21 heavy (non-hydrogen) atoms. The minimum Gasteiger partial charge on any atom is -0.481 e. The highest BCUT2D eigenvalue weighted by Gasteiger charge is 2.32. The second-order valence-corrected chi connectivity index (χ2v) is 6.65. The van der Waals surface area contributed by atoms with Crippen LogP contribution in [0.5, 0.6) is 0 Å². The van der Waals surface area contributed by atoms with E-state index in [-0.39, 0.29) is 12.5 Å². The van der Waals surface area contributed by atoms with Gasteiger partial charge in [-0.05, 0) is 44.9 Å². The monoisotopic (exact) mass is 298 g/mol. The molecule has 0 aromatic rings. The molecular formula is C15H26N2O4. The van der Waals surface area contributed by atoms with Gasteiger partial charge < -0.3 is 20.0 Å². The van der Waals surface area contributed by atoms with E-state index in [1.54, 1.807) is 0 Å². The Morgan fingerprint density at radius 3 is 2.67 bits per heavy atom. The van der Waals surface area contributed by atoms with Crippen molar-refractivity contribution in [3.05, 3.63) is 0 Å². The summed E-state index contributed by atoms with van der Waals surface area (Å²) >= 11 is 0. The van der Waals surface area contributed by atoms with Crippen molar-refractivity contribution in [2.45, 2.75) is 51.0 Å². The van der Waals surface area contributed by atoms with Gasteiger partial charge in [0.2, 0.25) is 0 Å². The molecule has 2 saturated heterocycles. The summed E-state index contributed by atoms with van der Waals surface area (Å²) in [4.78, 5) is 26.8. The van der Waals surface area contributed by atoms with Crippen LogP contribution in [0.25, 0.3) is 0 Å². The molecule has 2 atom stereocenters. The Bertz CT molecular complexity index is 397. The van der Waals surface area contributed by atoms with E-state index < -0.39 is 11.6 Å². The third-order valence-electron chi connectivity index (χ3n) is 4.66. The predicted molar refractivity (Wildman–Crippen MR) is 78.0 cm³/mol. The number of hydrogen-bond donors (Lipinski definition) is 2. The highest BCUT2D eigenvalue weighted by Crippen LogP contribution is 2.25. The second-order valence-electron chi connectivity index (χ2n) is 6.65. The van der Waals surface area contributed by atoms with E-state index in [0.717, 1.165) is 25.8 Å². The van der Waals surface area contributed by atoms with E-state index in [4.69, 9.17) is 5.11 Å². The lowest BCUT2D eigenvalue weighted by atomic mass is 9.98. The standard InChI is InChI=1S/C15H26N2O4/c1-15(21)6-2-8-16(10-7-15)14(20)17-9-5-12(11-17)3-4-13(18)19/h12,21H,2-11H2,1H3,(H,18,19). The molecule has 0 aromatic carbocycles. The first kappa shape index (κ1) is 16.1. The van der Waals surface area contributed by atoms with Crippen LogP contribution >= 0.6 is 0 Å². The maximum atomic E-state index is 12.5. The molecule has 2 aliphatic rings. The zero-order valence-electron chi connectivity index (χ0n) is 12.8. The van der Waals surface area contributed by atoms with Crippen molar-refractivity contribution in [1.29, 1.82) is 0 Å². The van der Waals surface area contributed by atoms with E-state index >= 15 is 0 Å². The van der Waals surface area contributed by atoms with E-state index in [9.17, 15) is 14.7 Å². The maximum Gasteiger partial charge on any atom is 0.320 e. The molecule has 0 bridgehead atoms.